The van der Waals surface area contributed by atoms with Crippen molar-refractivity contribution in [3.05, 3.63) is 71.6 Å². The normalized spacial score (nSPS) is 12.8. The molecular weight excluding hydrogens is 420 g/mol. The molecule has 2 heterocycles. The van der Waals surface area contributed by atoms with Gasteiger partial charge in [0, 0.05) is 46.6 Å². The maximum atomic E-state index is 12.8. The summed E-state index contributed by atoms with van der Waals surface area (Å²) in [6.07, 6.45) is 5.04. The molecule has 0 fully saturated rings. The summed E-state index contributed by atoms with van der Waals surface area (Å²) in [6.45, 7) is 6.09. The number of allylic oxidation sites excluding steroid dienone is 1. The highest BCUT2D eigenvalue weighted by Gasteiger charge is 2.22. The van der Waals surface area contributed by atoms with Gasteiger partial charge in [0.1, 0.15) is 17.4 Å². The van der Waals surface area contributed by atoms with E-state index in [-0.39, 0.29) is 6.42 Å². The molecule has 1 unspecified atom stereocenters. The minimum atomic E-state index is -1.09. The predicted octanol–water partition coefficient (Wildman–Crippen LogP) is 4.84. The number of aromatic nitrogens is 1. The fraction of sp³-hybridized carbons (Fsp3) is 0.231. The van der Waals surface area contributed by atoms with Crippen molar-refractivity contribution in [3.63, 3.8) is 0 Å². The van der Waals surface area contributed by atoms with Gasteiger partial charge in [-0.2, -0.15) is 0 Å². The molecule has 7 heteroatoms. The first kappa shape index (κ1) is 22.2. The fourth-order valence-corrected chi connectivity index (χ4v) is 3.97. The van der Waals surface area contributed by atoms with Crippen molar-refractivity contribution in [3.8, 4) is 5.75 Å². The van der Waals surface area contributed by atoms with E-state index in [0.717, 1.165) is 33.0 Å². The number of ether oxygens (including phenoxy) is 1. The number of rotatable bonds is 8. The average Bonchev–Trinajstić information content (AvgIpc) is 3.36. The quantitative estimate of drug-likeness (QED) is 0.336. The Morgan fingerprint density at radius 2 is 2.03 bits per heavy atom. The number of hydrogen-bond donors (Lipinski definition) is 3. The van der Waals surface area contributed by atoms with Crippen molar-refractivity contribution in [2.75, 3.05) is 6.61 Å². The number of amides is 1. The van der Waals surface area contributed by atoms with E-state index in [1.54, 1.807) is 19.4 Å². The minimum Gasteiger partial charge on any atom is -0.493 e. The van der Waals surface area contributed by atoms with Crippen molar-refractivity contribution < 1.29 is 23.8 Å². The highest BCUT2D eigenvalue weighted by molar-refractivity contribution is 5.99. The standard InChI is InChI=1S/C26H26N2O5/c1-4-32-23-12-24-20(16(3)14-33-24)11-19(23)15(2)9-25(29)28-22(26(30)31)10-17-13-27-21-8-6-5-7-18(17)21/h5-9,11-14,22,27H,4,10H2,1-3H3,(H,28,29)(H,30,31)/b15-9+. The number of benzene rings is 2. The highest BCUT2D eigenvalue weighted by atomic mass is 16.5. The summed E-state index contributed by atoms with van der Waals surface area (Å²) in [5, 5.41) is 14.2. The molecule has 33 heavy (non-hydrogen) atoms. The summed E-state index contributed by atoms with van der Waals surface area (Å²) < 4.78 is 11.3. The van der Waals surface area contributed by atoms with Crippen LogP contribution < -0.4 is 10.1 Å². The van der Waals surface area contributed by atoms with Crippen LogP contribution in [-0.2, 0) is 16.0 Å². The van der Waals surface area contributed by atoms with E-state index in [2.05, 4.69) is 10.3 Å². The van der Waals surface area contributed by atoms with Crippen molar-refractivity contribution in [1.82, 2.24) is 10.3 Å². The zero-order chi connectivity index (χ0) is 23.5. The number of para-hydroxylation sites is 1. The van der Waals surface area contributed by atoms with Gasteiger partial charge < -0.3 is 24.6 Å². The summed E-state index contributed by atoms with van der Waals surface area (Å²) in [7, 11) is 0. The molecule has 0 saturated heterocycles. The van der Waals surface area contributed by atoms with E-state index in [1.807, 2.05) is 50.2 Å². The smallest absolute Gasteiger partial charge is 0.326 e. The Kier molecular flexibility index (Phi) is 6.22. The second kappa shape index (κ2) is 9.24. The van der Waals surface area contributed by atoms with Gasteiger partial charge in [0.15, 0.2) is 0 Å². The molecule has 4 aromatic rings. The van der Waals surface area contributed by atoms with Crippen LogP contribution in [-0.4, -0.2) is 34.6 Å². The fourth-order valence-electron chi connectivity index (χ4n) is 3.97. The molecule has 1 atom stereocenters. The van der Waals surface area contributed by atoms with Crippen molar-refractivity contribution >= 4 is 39.3 Å². The van der Waals surface area contributed by atoms with E-state index in [1.165, 1.54) is 6.08 Å². The van der Waals surface area contributed by atoms with E-state index < -0.39 is 17.9 Å². The van der Waals surface area contributed by atoms with E-state index in [0.29, 0.717) is 23.5 Å². The molecule has 0 saturated carbocycles. The number of aromatic amines is 1. The molecule has 1 amide bonds. The second-order valence-corrected chi connectivity index (χ2v) is 7.99. The lowest BCUT2D eigenvalue weighted by Crippen LogP contribution is -2.41. The van der Waals surface area contributed by atoms with Gasteiger partial charge in [-0.05, 0) is 49.6 Å². The van der Waals surface area contributed by atoms with Crippen LogP contribution in [0, 0.1) is 6.92 Å². The molecule has 0 aliphatic rings. The van der Waals surface area contributed by atoms with Gasteiger partial charge in [-0.15, -0.1) is 0 Å². The molecule has 0 bridgehead atoms. The zero-order valence-corrected chi connectivity index (χ0v) is 18.8. The Hall–Kier alpha value is -4.00. The number of carbonyl (C=O) groups excluding carboxylic acids is 1. The highest BCUT2D eigenvalue weighted by Crippen LogP contribution is 2.33. The van der Waals surface area contributed by atoms with E-state index in [9.17, 15) is 14.7 Å². The molecular formula is C26H26N2O5. The van der Waals surface area contributed by atoms with Gasteiger partial charge in [-0.3, -0.25) is 4.79 Å². The van der Waals surface area contributed by atoms with Crippen LogP contribution in [0.4, 0.5) is 0 Å². The maximum absolute atomic E-state index is 12.8. The summed E-state index contributed by atoms with van der Waals surface area (Å²) in [5.41, 5.74) is 4.87. The number of hydrogen-bond acceptors (Lipinski definition) is 4. The van der Waals surface area contributed by atoms with E-state index in [4.69, 9.17) is 9.15 Å². The Morgan fingerprint density at radius 3 is 2.79 bits per heavy atom. The third kappa shape index (κ3) is 4.62. The average molecular weight is 447 g/mol. The third-order valence-electron chi connectivity index (χ3n) is 5.66. The van der Waals surface area contributed by atoms with Crippen LogP contribution in [0.2, 0.25) is 0 Å². The number of fused-ring (bicyclic) bond motifs is 2. The number of aryl methyl sites for hydroxylation is 1. The van der Waals surface area contributed by atoms with Crippen molar-refractivity contribution in [2.45, 2.75) is 33.2 Å². The number of aliphatic carboxylic acids is 1. The van der Waals surface area contributed by atoms with Crippen molar-refractivity contribution in [2.24, 2.45) is 0 Å². The molecule has 4 rings (SSSR count). The van der Waals surface area contributed by atoms with Gasteiger partial charge >= 0.3 is 5.97 Å². The summed E-state index contributed by atoms with van der Waals surface area (Å²) in [5.74, 6) is -0.967. The lowest BCUT2D eigenvalue weighted by molar-refractivity contribution is -0.141. The first-order valence-electron chi connectivity index (χ1n) is 10.8. The summed E-state index contributed by atoms with van der Waals surface area (Å²) in [4.78, 5) is 27.8. The molecule has 3 N–H and O–H groups in total. The molecule has 7 nitrogen and oxygen atoms in total. The number of carboxylic acid groups (broad SMARTS) is 1. The van der Waals surface area contributed by atoms with Gasteiger partial charge in [-0.1, -0.05) is 18.2 Å². The lowest BCUT2D eigenvalue weighted by Gasteiger charge is -2.14. The van der Waals surface area contributed by atoms with Gasteiger partial charge in [0.2, 0.25) is 5.91 Å². The number of nitrogens with one attached hydrogen (secondary N) is 2. The monoisotopic (exact) mass is 446 g/mol. The topological polar surface area (TPSA) is 105 Å². The third-order valence-corrected chi connectivity index (χ3v) is 5.66. The van der Waals surface area contributed by atoms with Gasteiger partial charge in [0.05, 0.1) is 12.9 Å². The van der Waals surface area contributed by atoms with Crippen LogP contribution in [0.1, 0.15) is 30.5 Å². The summed E-state index contributed by atoms with van der Waals surface area (Å²) >= 11 is 0. The SMILES string of the molecule is CCOc1cc2occ(C)c2cc1/C(C)=C/C(=O)NC(Cc1c[nH]c2ccccc12)C(=O)O. The molecule has 2 aromatic heterocycles. The second-order valence-electron chi connectivity index (χ2n) is 7.99. The molecule has 0 aliphatic heterocycles. The van der Waals surface area contributed by atoms with Crippen LogP contribution in [0.3, 0.4) is 0 Å². The van der Waals surface area contributed by atoms with Crippen LogP contribution in [0.5, 0.6) is 5.75 Å². The number of H-pyrrole nitrogens is 1. The first-order chi connectivity index (χ1) is 15.9. The van der Waals surface area contributed by atoms with Crippen LogP contribution in [0.25, 0.3) is 27.4 Å². The molecule has 170 valence electrons. The van der Waals surface area contributed by atoms with Gasteiger partial charge in [0.25, 0.3) is 0 Å². The lowest BCUT2D eigenvalue weighted by atomic mass is 10.0. The number of furan rings is 1. The minimum absolute atomic E-state index is 0.169. The molecule has 2 aromatic carbocycles. The maximum Gasteiger partial charge on any atom is 0.326 e. The molecule has 0 radical (unpaired) electrons. The first-order valence-corrected chi connectivity index (χ1v) is 10.8. The van der Waals surface area contributed by atoms with Crippen molar-refractivity contribution in [1.29, 1.82) is 0 Å². The largest absolute Gasteiger partial charge is 0.493 e. The number of carbonyl (C=O) groups is 2. The van der Waals surface area contributed by atoms with Crippen LogP contribution >= 0.6 is 0 Å². The van der Waals surface area contributed by atoms with E-state index >= 15 is 0 Å². The predicted molar refractivity (Wildman–Crippen MR) is 127 cm³/mol. The Labute approximate surface area is 191 Å². The molecule has 0 aliphatic carbocycles. The zero-order valence-electron chi connectivity index (χ0n) is 18.8. The Morgan fingerprint density at radius 1 is 1.24 bits per heavy atom. The Bertz CT molecular complexity index is 1360. The molecule has 0 spiro atoms. The Balaban J connectivity index is 1.58. The van der Waals surface area contributed by atoms with Gasteiger partial charge in [-0.25, -0.2) is 4.79 Å². The summed E-state index contributed by atoms with van der Waals surface area (Å²) in [6, 6.07) is 10.3. The van der Waals surface area contributed by atoms with Crippen LogP contribution in [0.15, 0.2) is 59.4 Å². The number of carboxylic acids is 1.